The van der Waals surface area contributed by atoms with Crippen molar-refractivity contribution in [2.75, 3.05) is 24.6 Å². The Bertz CT molecular complexity index is 628. The lowest BCUT2D eigenvalue weighted by atomic mass is 9.67. The monoisotopic (exact) mass is 377 g/mol. The molecule has 2 aliphatic rings. The molecule has 2 saturated heterocycles. The van der Waals surface area contributed by atoms with Crippen LogP contribution in [0, 0.1) is 11.3 Å². The first-order valence-electron chi connectivity index (χ1n) is 6.75. The van der Waals surface area contributed by atoms with E-state index in [2.05, 4.69) is 21.2 Å². The molecule has 0 amide bonds. The molecule has 1 atom stereocenters. The average Bonchev–Trinajstić information content (AvgIpc) is 2.67. The molecule has 2 fully saturated rings. The Kier molecular flexibility index (Phi) is 3.91. The van der Waals surface area contributed by atoms with Crippen LogP contribution in [0.2, 0.25) is 5.02 Å². The summed E-state index contributed by atoms with van der Waals surface area (Å²) in [5, 5.41) is 4.07. The summed E-state index contributed by atoms with van der Waals surface area (Å²) < 4.78 is 24.4. The van der Waals surface area contributed by atoms with Gasteiger partial charge >= 0.3 is 0 Å². The topological polar surface area (TPSA) is 46.2 Å². The van der Waals surface area contributed by atoms with Crippen LogP contribution >= 0.6 is 27.5 Å². The molecule has 0 spiro atoms. The number of halogens is 2. The lowest BCUT2D eigenvalue weighted by Gasteiger charge is -2.47. The molecule has 0 saturated carbocycles. The van der Waals surface area contributed by atoms with E-state index in [1.165, 1.54) is 0 Å². The first-order chi connectivity index (χ1) is 9.40. The lowest BCUT2D eigenvalue weighted by molar-refractivity contribution is 0.0925. The summed E-state index contributed by atoms with van der Waals surface area (Å²) in [4.78, 5) is 0. The highest BCUT2D eigenvalue weighted by molar-refractivity contribution is 9.10. The first kappa shape index (κ1) is 14.8. The number of sulfone groups is 1. The van der Waals surface area contributed by atoms with Gasteiger partial charge in [-0.05, 0) is 36.5 Å². The number of rotatable bonds is 3. The molecule has 1 unspecified atom stereocenters. The Balaban J connectivity index is 1.83. The second-order valence-electron chi connectivity index (χ2n) is 5.98. The maximum absolute atomic E-state index is 11.7. The molecule has 0 aliphatic carbocycles. The van der Waals surface area contributed by atoms with E-state index in [0.717, 1.165) is 41.0 Å². The smallest absolute Gasteiger partial charge is 0.150 e. The van der Waals surface area contributed by atoms with Gasteiger partial charge in [0.05, 0.1) is 11.5 Å². The van der Waals surface area contributed by atoms with E-state index < -0.39 is 9.84 Å². The second-order valence-corrected chi connectivity index (χ2v) is 9.53. The van der Waals surface area contributed by atoms with E-state index in [1.54, 1.807) is 0 Å². The van der Waals surface area contributed by atoms with Gasteiger partial charge in [-0.2, -0.15) is 0 Å². The van der Waals surface area contributed by atoms with Gasteiger partial charge < -0.3 is 5.32 Å². The van der Waals surface area contributed by atoms with Crippen LogP contribution in [-0.2, 0) is 16.3 Å². The normalized spacial score (nSPS) is 27.2. The largest absolute Gasteiger partial charge is 0.315 e. The maximum atomic E-state index is 11.7. The van der Waals surface area contributed by atoms with E-state index in [-0.39, 0.29) is 11.3 Å². The average molecular weight is 379 g/mol. The van der Waals surface area contributed by atoms with E-state index in [1.807, 2.05) is 18.2 Å². The van der Waals surface area contributed by atoms with Gasteiger partial charge in [0, 0.05) is 28.0 Å². The van der Waals surface area contributed by atoms with Crippen LogP contribution in [0.1, 0.15) is 12.0 Å². The molecule has 2 aliphatic heterocycles. The molecule has 1 N–H and O–H groups in total. The van der Waals surface area contributed by atoms with Gasteiger partial charge in [0.15, 0.2) is 9.84 Å². The van der Waals surface area contributed by atoms with Crippen molar-refractivity contribution in [1.82, 2.24) is 5.32 Å². The molecule has 1 aromatic carbocycles. The molecule has 20 heavy (non-hydrogen) atoms. The van der Waals surface area contributed by atoms with E-state index >= 15 is 0 Å². The van der Waals surface area contributed by atoms with Crippen LogP contribution in [0.5, 0.6) is 0 Å². The quantitative estimate of drug-likeness (QED) is 0.879. The first-order valence-corrected chi connectivity index (χ1v) is 9.75. The molecule has 3 rings (SSSR count). The molecule has 2 heterocycles. The van der Waals surface area contributed by atoms with Gasteiger partial charge in [0.1, 0.15) is 0 Å². The molecular formula is C14H17BrClNO2S. The van der Waals surface area contributed by atoms with E-state index in [0.29, 0.717) is 11.5 Å². The molecule has 1 aromatic rings. The van der Waals surface area contributed by atoms with Crippen molar-refractivity contribution >= 4 is 37.4 Å². The summed E-state index contributed by atoms with van der Waals surface area (Å²) in [6.45, 7) is 1.78. The van der Waals surface area contributed by atoms with Crippen molar-refractivity contribution in [2.24, 2.45) is 11.3 Å². The molecule has 0 radical (unpaired) electrons. The minimum atomic E-state index is -2.83. The van der Waals surface area contributed by atoms with Crippen LogP contribution in [0.3, 0.4) is 0 Å². The minimum Gasteiger partial charge on any atom is -0.315 e. The number of hydrogen-bond acceptors (Lipinski definition) is 3. The zero-order valence-electron chi connectivity index (χ0n) is 11.0. The summed E-state index contributed by atoms with van der Waals surface area (Å²) in [6.07, 6.45) is 1.64. The Morgan fingerprint density at radius 3 is 2.65 bits per heavy atom. The molecule has 110 valence electrons. The standard InChI is InChI=1S/C14H17BrClNO2S/c15-12-2-1-10(13(16)5-12)6-14(8-17-9-14)11-3-4-20(18,19)7-11/h1-2,5,11,17H,3-4,6-9H2. The van der Waals surface area contributed by atoms with Gasteiger partial charge in [-0.1, -0.05) is 33.6 Å². The van der Waals surface area contributed by atoms with Gasteiger partial charge in [0.25, 0.3) is 0 Å². The third kappa shape index (κ3) is 2.78. The minimum absolute atomic E-state index is 0.0566. The third-order valence-electron chi connectivity index (χ3n) is 4.61. The van der Waals surface area contributed by atoms with Crippen LogP contribution in [0.4, 0.5) is 0 Å². The van der Waals surface area contributed by atoms with E-state index in [4.69, 9.17) is 11.6 Å². The summed E-state index contributed by atoms with van der Waals surface area (Å²) in [5.41, 5.74) is 1.17. The maximum Gasteiger partial charge on any atom is 0.150 e. The Morgan fingerprint density at radius 2 is 2.15 bits per heavy atom. The Labute approximate surface area is 133 Å². The van der Waals surface area contributed by atoms with Gasteiger partial charge in [-0.3, -0.25) is 0 Å². The summed E-state index contributed by atoms with van der Waals surface area (Å²) in [5.74, 6) is 0.935. The lowest BCUT2D eigenvalue weighted by Crippen LogP contribution is -2.59. The van der Waals surface area contributed by atoms with Crippen LogP contribution in [0.25, 0.3) is 0 Å². The Hall–Kier alpha value is -0.100. The molecule has 6 heteroatoms. The van der Waals surface area contributed by atoms with Crippen molar-refractivity contribution in [3.8, 4) is 0 Å². The number of hydrogen-bond donors (Lipinski definition) is 1. The summed E-state index contributed by atoms with van der Waals surface area (Å²) in [7, 11) is -2.83. The Morgan fingerprint density at radius 1 is 1.40 bits per heavy atom. The zero-order chi connectivity index (χ0) is 14.4. The highest BCUT2D eigenvalue weighted by Crippen LogP contribution is 2.43. The van der Waals surface area contributed by atoms with Gasteiger partial charge in [-0.25, -0.2) is 8.42 Å². The van der Waals surface area contributed by atoms with Gasteiger partial charge in [-0.15, -0.1) is 0 Å². The fraction of sp³-hybridized carbons (Fsp3) is 0.571. The van der Waals surface area contributed by atoms with Crippen LogP contribution in [0.15, 0.2) is 22.7 Å². The molecule has 0 bridgehead atoms. The molecular weight excluding hydrogens is 362 g/mol. The number of nitrogens with one attached hydrogen (secondary N) is 1. The predicted octanol–water partition coefficient (Wildman–Crippen LogP) is 2.67. The van der Waals surface area contributed by atoms with Crippen molar-refractivity contribution in [1.29, 1.82) is 0 Å². The van der Waals surface area contributed by atoms with Crippen LogP contribution < -0.4 is 5.32 Å². The predicted molar refractivity (Wildman–Crippen MR) is 84.9 cm³/mol. The third-order valence-corrected chi connectivity index (χ3v) is 7.22. The van der Waals surface area contributed by atoms with Gasteiger partial charge in [0.2, 0.25) is 0 Å². The fourth-order valence-corrected chi connectivity index (χ4v) is 6.01. The van der Waals surface area contributed by atoms with Crippen molar-refractivity contribution < 1.29 is 8.42 Å². The highest BCUT2D eigenvalue weighted by Gasteiger charge is 2.48. The van der Waals surface area contributed by atoms with Crippen molar-refractivity contribution in [3.63, 3.8) is 0 Å². The van der Waals surface area contributed by atoms with Crippen molar-refractivity contribution in [2.45, 2.75) is 12.8 Å². The van der Waals surface area contributed by atoms with Crippen LogP contribution in [-0.4, -0.2) is 33.0 Å². The summed E-state index contributed by atoms with van der Waals surface area (Å²) >= 11 is 9.72. The second kappa shape index (κ2) is 5.27. The summed E-state index contributed by atoms with van der Waals surface area (Å²) in [6, 6.07) is 5.93. The van der Waals surface area contributed by atoms with E-state index in [9.17, 15) is 8.42 Å². The van der Waals surface area contributed by atoms with Crippen molar-refractivity contribution in [3.05, 3.63) is 33.3 Å². The fourth-order valence-electron chi connectivity index (χ4n) is 3.33. The highest BCUT2D eigenvalue weighted by atomic mass is 79.9. The molecule has 0 aromatic heterocycles. The zero-order valence-corrected chi connectivity index (χ0v) is 14.2. The number of benzene rings is 1. The molecule has 3 nitrogen and oxygen atoms in total. The SMILES string of the molecule is O=S1(=O)CCC(C2(Cc3ccc(Br)cc3Cl)CNC2)C1.